The molecule has 4 rings (SSSR count). The monoisotopic (exact) mass is 436 g/mol. The van der Waals surface area contributed by atoms with Crippen LogP contribution in [0.15, 0.2) is 53.8 Å². The van der Waals surface area contributed by atoms with E-state index in [1.54, 1.807) is 43.0 Å². The molecule has 0 fully saturated rings. The molecule has 7 nitrogen and oxygen atoms in total. The van der Waals surface area contributed by atoms with Crippen LogP contribution in [0.25, 0.3) is 5.69 Å². The Morgan fingerprint density at radius 3 is 2.57 bits per heavy atom. The van der Waals surface area contributed by atoms with E-state index in [0.717, 1.165) is 11.3 Å². The molecule has 2 aromatic carbocycles. The van der Waals surface area contributed by atoms with E-state index in [2.05, 4.69) is 15.7 Å². The topological polar surface area (TPSA) is 57.9 Å². The first-order chi connectivity index (χ1) is 13.6. The minimum atomic E-state index is 0.363. The van der Waals surface area contributed by atoms with Gasteiger partial charge in [-0.2, -0.15) is 15.8 Å². The largest absolute Gasteiger partial charge is 0.497 e. The highest BCUT2D eigenvalue weighted by Gasteiger charge is 2.25. The third-order valence-corrected chi connectivity index (χ3v) is 5.35. The van der Waals surface area contributed by atoms with Crippen LogP contribution in [0.5, 0.6) is 5.75 Å². The number of hydrogen-bond donors (Lipinski definition) is 1. The Kier molecular flexibility index (Phi) is 5.21. The van der Waals surface area contributed by atoms with Gasteiger partial charge in [-0.3, -0.25) is 0 Å². The normalized spacial score (nSPS) is 13.1. The summed E-state index contributed by atoms with van der Waals surface area (Å²) in [6, 6.07) is 13.1. The van der Waals surface area contributed by atoms with Gasteiger partial charge in [0.05, 0.1) is 35.6 Å². The predicted octanol–water partition coefficient (Wildman–Crippen LogP) is 4.53. The molecule has 1 N–H and O–H groups in total. The summed E-state index contributed by atoms with van der Waals surface area (Å²) in [5.74, 6) is 0.802. The second kappa shape index (κ2) is 7.79. The number of anilines is 1. The first-order valence-corrected chi connectivity index (χ1v) is 9.38. The Hall–Kier alpha value is -2.61. The van der Waals surface area contributed by atoms with E-state index in [9.17, 15) is 0 Å². The molecule has 0 saturated carbocycles. The fourth-order valence-corrected chi connectivity index (χ4v) is 3.41. The summed E-state index contributed by atoms with van der Waals surface area (Å²) in [6.45, 7) is 0.569. The Bertz CT molecular complexity index is 1020. The molecule has 0 amide bonds. The summed E-state index contributed by atoms with van der Waals surface area (Å²) in [4.78, 5) is 0. The lowest BCUT2D eigenvalue weighted by Gasteiger charge is -2.27. The Morgan fingerprint density at radius 1 is 1.04 bits per heavy atom. The third kappa shape index (κ3) is 3.44. The average Bonchev–Trinajstić information content (AvgIpc) is 3.31. The van der Waals surface area contributed by atoms with Crippen LogP contribution in [-0.2, 0) is 6.54 Å². The van der Waals surface area contributed by atoms with Crippen molar-refractivity contribution in [3.8, 4) is 11.4 Å². The number of nitrogens with zero attached hydrogens (tertiary/aromatic N) is 5. The molecular weight excluding hydrogens is 423 g/mol. The van der Waals surface area contributed by atoms with Gasteiger partial charge in [0.1, 0.15) is 17.8 Å². The van der Waals surface area contributed by atoms with Crippen molar-refractivity contribution in [3.63, 3.8) is 0 Å². The fourth-order valence-electron chi connectivity index (χ4n) is 2.77. The van der Waals surface area contributed by atoms with Crippen LogP contribution in [0.4, 0.5) is 5.69 Å². The second-order valence-electron chi connectivity index (χ2n) is 5.91. The molecule has 0 bridgehead atoms. The van der Waals surface area contributed by atoms with Crippen LogP contribution in [0.2, 0.25) is 15.2 Å². The van der Waals surface area contributed by atoms with E-state index in [0.29, 0.717) is 33.1 Å². The van der Waals surface area contributed by atoms with Gasteiger partial charge < -0.3 is 4.74 Å². The summed E-state index contributed by atoms with van der Waals surface area (Å²) in [6.07, 6.45) is 3.30. The number of hydrazone groups is 1. The van der Waals surface area contributed by atoms with Crippen molar-refractivity contribution in [2.45, 2.75) is 6.54 Å². The number of hydrogen-bond acceptors (Lipinski definition) is 6. The van der Waals surface area contributed by atoms with Crippen LogP contribution in [0, 0.1) is 0 Å². The number of ether oxygens (including phenoxy) is 1. The van der Waals surface area contributed by atoms with E-state index in [4.69, 9.17) is 39.5 Å². The molecule has 28 heavy (non-hydrogen) atoms. The van der Waals surface area contributed by atoms with Gasteiger partial charge in [-0.25, -0.2) is 9.69 Å². The zero-order chi connectivity index (χ0) is 19.7. The van der Waals surface area contributed by atoms with Gasteiger partial charge in [0.25, 0.3) is 0 Å². The lowest BCUT2D eigenvalue weighted by Crippen LogP contribution is -2.42. The van der Waals surface area contributed by atoms with Crippen molar-refractivity contribution in [1.82, 2.24) is 20.3 Å². The van der Waals surface area contributed by atoms with Crippen LogP contribution < -0.4 is 15.4 Å². The van der Waals surface area contributed by atoms with Crippen molar-refractivity contribution in [2.75, 3.05) is 12.2 Å². The number of rotatable bonds is 5. The lowest BCUT2D eigenvalue weighted by molar-refractivity contribution is 0.377. The molecule has 0 spiro atoms. The van der Waals surface area contributed by atoms with Crippen molar-refractivity contribution in [3.05, 3.63) is 69.4 Å². The average molecular weight is 438 g/mol. The summed E-state index contributed by atoms with van der Waals surface area (Å²) in [7, 11) is 1.64. The van der Waals surface area contributed by atoms with Gasteiger partial charge in [0.15, 0.2) is 5.15 Å². The van der Waals surface area contributed by atoms with Crippen LogP contribution in [-0.4, -0.2) is 28.2 Å². The molecule has 0 unspecified atom stereocenters. The molecule has 2 heterocycles. The first kappa shape index (κ1) is 18.7. The van der Waals surface area contributed by atoms with E-state index in [-0.39, 0.29) is 0 Å². The van der Waals surface area contributed by atoms with Crippen molar-refractivity contribution < 1.29 is 4.74 Å². The molecular formula is C18H15Cl3N6O. The zero-order valence-corrected chi connectivity index (χ0v) is 16.9. The lowest BCUT2D eigenvalue weighted by atomic mass is 10.2. The third-order valence-electron chi connectivity index (χ3n) is 4.18. The van der Waals surface area contributed by atoms with Crippen molar-refractivity contribution >= 4 is 46.8 Å². The zero-order valence-electron chi connectivity index (χ0n) is 14.7. The highest BCUT2D eigenvalue weighted by molar-refractivity contribution is 6.43. The molecule has 10 heteroatoms. The molecule has 1 aliphatic heterocycles. The van der Waals surface area contributed by atoms with Crippen molar-refractivity contribution in [2.24, 2.45) is 5.10 Å². The maximum absolute atomic E-state index is 6.59. The van der Waals surface area contributed by atoms with Gasteiger partial charge in [0.2, 0.25) is 0 Å². The summed E-state index contributed by atoms with van der Waals surface area (Å²) < 4.78 is 6.72. The number of nitrogens with one attached hydrogen (secondary N) is 1. The number of benzene rings is 2. The fraction of sp³-hybridized carbons (Fsp3) is 0.111. The number of halogens is 3. The predicted molar refractivity (Wildman–Crippen MR) is 111 cm³/mol. The highest BCUT2D eigenvalue weighted by Crippen LogP contribution is 2.34. The van der Waals surface area contributed by atoms with Crippen LogP contribution >= 0.6 is 34.8 Å². The van der Waals surface area contributed by atoms with Crippen molar-refractivity contribution in [1.29, 1.82) is 0 Å². The number of aromatic nitrogens is 2. The van der Waals surface area contributed by atoms with E-state index in [1.807, 2.05) is 29.3 Å². The molecule has 144 valence electrons. The van der Waals surface area contributed by atoms with Gasteiger partial charge in [-0.15, -0.1) is 5.10 Å². The molecule has 0 aliphatic carbocycles. The Labute approximate surface area is 176 Å². The number of methoxy groups -OCH3 is 1. The minimum absolute atomic E-state index is 0.363. The van der Waals surface area contributed by atoms with Gasteiger partial charge in [-0.1, -0.05) is 53.0 Å². The second-order valence-corrected chi connectivity index (χ2v) is 7.05. The van der Waals surface area contributed by atoms with Crippen LogP contribution in [0.3, 0.4) is 0 Å². The molecule has 1 aliphatic rings. The van der Waals surface area contributed by atoms with E-state index >= 15 is 0 Å². The smallest absolute Gasteiger partial charge is 0.160 e. The van der Waals surface area contributed by atoms with Gasteiger partial charge >= 0.3 is 0 Å². The summed E-state index contributed by atoms with van der Waals surface area (Å²) in [5.41, 5.74) is 5.18. The molecule has 0 saturated heterocycles. The molecule has 3 aromatic rings. The Balaban J connectivity index is 1.60. The van der Waals surface area contributed by atoms with Crippen LogP contribution in [0.1, 0.15) is 5.56 Å². The van der Waals surface area contributed by atoms with Gasteiger partial charge in [-0.05, 0) is 29.8 Å². The Morgan fingerprint density at radius 2 is 1.82 bits per heavy atom. The maximum Gasteiger partial charge on any atom is 0.160 e. The molecule has 0 atom stereocenters. The highest BCUT2D eigenvalue weighted by atomic mass is 35.5. The molecule has 0 radical (unpaired) electrons. The minimum Gasteiger partial charge on any atom is -0.497 e. The van der Waals surface area contributed by atoms with Gasteiger partial charge in [0, 0.05) is 0 Å². The SMILES string of the molecule is COc1ccc(CN2C=NNN2c2cnn(-c3cccc(Cl)c3Cl)c2Cl)cc1. The first-order valence-electron chi connectivity index (χ1n) is 8.25. The van der Waals surface area contributed by atoms with E-state index in [1.165, 1.54) is 4.68 Å². The summed E-state index contributed by atoms with van der Waals surface area (Å²) in [5, 5.41) is 13.2. The summed E-state index contributed by atoms with van der Waals surface area (Å²) >= 11 is 19.0. The quantitative estimate of drug-likeness (QED) is 0.636. The molecule has 1 aromatic heterocycles. The standard InChI is InChI=1S/C18H15Cl3N6O/c1-28-13-7-5-12(6-8-13)10-25-11-22-24-27(25)16-9-23-26(18(16)21)15-4-2-3-14(19)17(15)20/h2-9,11,24H,10H2,1H3. The number of hydrazine groups is 2. The van der Waals surface area contributed by atoms with E-state index < -0.39 is 0 Å². The maximum atomic E-state index is 6.59.